The summed E-state index contributed by atoms with van der Waals surface area (Å²) in [6.07, 6.45) is 1.43. The van der Waals surface area contributed by atoms with Crippen LogP contribution < -0.4 is 11.1 Å². The van der Waals surface area contributed by atoms with Gasteiger partial charge in [-0.2, -0.15) is 9.90 Å². The zero-order chi connectivity index (χ0) is 14.7. The molecule has 3 N–H and O–H groups in total. The molecular weight excluding hydrogens is 266 g/mol. The second kappa shape index (κ2) is 5.46. The maximum atomic E-state index is 12.1. The van der Waals surface area contributed by atoms with Crippen LogP contribution in [0.4, 0.5) is 11.4 Å². The van der Waals surface area contributed by atoms with Crippen molar-refractivity contribution >= 4 is 17.3 Å². The van der Waals surface area contributed by atoms with Gasteiger partial charge in [-0.3, -0.25) is 4.79 Å². The zero-order valence-electron chi connectivity index (χ0n) is 11.1. The molecule has 1 amide bonds. The van der Waals surface area contributed by atoms with Gasteiger partial charge in [-0.25, -0.2) is 0 Å². The molecule has 0 atom stereocenters. The first-order valence-electron chi connectivity index (χ1n) is 6.37. The Morgan fingerprint density at radius 3 is 2.48 bits per heavy atom. The van der Waals surface area contributed by atoms with E-state index in [9.17, 15) is 4.79 Å². The van der Waals surface area contributed by atoms with Crippen LogP contribution in [0.2, 0.25) is 0 Å². The summed E-state index contributed by atoms with van der Waals surface area (Å²) in [5, 5.41) is 11.0. The van der Waals surface area contributed by atoms with Gasteiger partial charge < -0.3 is 11.1 Å². The van der Waals surface area contributed by atoms with E-state index >= 15 is 0 Å². The summed E-state index contributed by atoms with van der Waals surface area (Å²) in [4.78, 5) is 13.5. The summed E-state index contributed by atoms with van der Waals surface area (Å²) in [5.41, 5.74) is 7.94. The highest BCUT2D eigenvalue weighted by atomic mass is 16.2. The molecule has 2 aromatic carbocycles. The fourth-order valence-corrected chi connectivity index (χ4v) is 1.81. The molecule has 21 heavy (non-hydrogen) atoms. The van der Waals surface area contributed by atoms with Crippen molar-refractivity contribution in [2.75, 3.05) is 11.1 Å². The number of benzene rings is 2. The van der Waals surface area contributed by atoms with Gasteiger partial charge in [-0.05, 0) is 36.4 Å². The van der Waals surface area contributed by atoms with Gasteiger partial charge in [0.1, 0.15) is 0 Å². The van der Waals surface area contributed by atoms with E-state index in [1.165, 1.54) is 11.0 Å². The number of nitrogens with zero attached hydrogens (tertiary/aromatic N) is 3. The van der Waals surface area contributed by atoms with Gasteiger partial charge in [0.2, 0.25) is 0 Å². The molecular formula is C15H13N5O. The molecule has 1 heterocycles. The van der Waals surface area contributed by atoms with Gasteiger partial charge in [-0.1, -0.05) is 18.2 Å². The van der Waals surface area contributed by atoms with E-state index in [2.05, 4.69) is 15.5 Å². The van der Waals surface area contributed by atoms with Crippen LogP contribution in [0.15, 0.2) is 60.8 Å². The number of nitrogen functional groups attached to an aromatic ring is 1. The summed E-state index contributed by atoms with van der Waals surface area (Å²) in [6.45, 7) is 0. The Bertz CT molecular complexity index is 749. The Balaban J connectivity index is 1.77. The third kappa shape index (κ3) is 2.89. The Kier molecular flexibility index (Phi) is 3.34. The Hall–Kier alpha value is -3.15. The molecule has 0 bridgehead atoms. The number of rotatable bonds is 3. The lowest BCUT2D eigenvalue weighted by Gasteiger charge is -2.03. The van der Waals surface area contributed by atoms with Gasteiger partial charge in [-0.15, -0.1) is 5.10 Å². The van der Waals surface area contributed by atoms with E-state index in [0.29, 0.717) is 11.4 Å². The van der Waals surface area contributed by atoms with Gasteiger partial charge >= 0.3 is 0 Å². The highest BCUT2D eigenvalue weighted by Gasteiger charge is 2.11. The number of aromatic nitrogens is 3. The first-order valence-corrected chi connectivity index (χ1v) is 6.37. The Morgan fingerprint density at radius 2 is 1.76 bits per heavy atom. The van der Waals surface area contributed by atoms with E-state index in [1.54, 1.807) is 24.3 Å². The molecule has 0 aliphatic carbocycles. The largest absolute Gasteiger partial charge is 0.399 e. The number of nitrogens with two attached hydrogens (primary N) is 1. The van der Waals surface area contributed by atoms with Gasteiger partial charge in [0.05, 0.1) is 11.9 Å². The van der Waals surface area contributed by atoms with Crippen molar-refractivity contribution in [3.05, 3.63) is 66.5 Å². The van der Waals surface area contributed by atoms with Gasteiger partial charge in [0, 0.05) is 11.4 Å². The first kappa shape index (κ1) is 12.9. The molecule has 0 saturated carbocycles. The summed E-state index contributed by atoms with van der Waals surface area (Å²) in [7, 11) is 0. The van der Waals surface area contributed by atoms with Crippen LogP contribution in [0.25, 0.3) is 5.69 Å². The SMILES string of the molecule is Nc1ccc(NC(=O)c2cnn(-c3ccccc3)n2)cc1. The van der Waals surface area contributed by atoms with E-state index < -0.39 is 0 Å². The lowest BCUT2D eigenvalue weighted by atomic mass is 10.3. The van der Waals surface area contributed by atoms with Gasteiger partial charge in [0.15, 0.2) is 5.69 Å². The van der Waals surface area contributed by atoms with E-state index in [-0.39, 0.29) is 11.6 Å². The average molecular weight is 279 g/mol. The minimum atomic E-state index is -0.318. The average Bonchev–Trinajstić information content (AvgIpc) is 3.00. The van der Waals surface area contributed by atoms with Crippen LogP contribution in [0.1, 0.15) is 10.5 Å². The highest BCUT2D eigenvalue weighted by Crippen LogP contribution is 2.12. The number of carbonyl (C=O) groups excluding carboxylic acids is 1. The molecule has 0 saturated heterocycles. The predicted molar refractivity (Wildman–Crippen MR) is 80.2 cm³/mol. The number of anilines is 2. The number of nitrogens with one attached hydrogen (secondary N) is 1. The lowest BCUT2D eigenvalue weighted by Crippen LogP contribution is -2.13. The van der Waals surface area contributed by atoms with E-state index in [1.807, 2.05) is 30.3 Å². The van der Waals surface area contributed by atoms with Crippen LogP contribution in [0, 0.1) is 0 Å². The molecule has 0 aliphatic rings. The number of hydrogen-bond acceptors (Lipinski definition) is 4. The molecule has 0 unspecified atom stereocenters. The summed E-state index contributed by atoms with van der Waals surface area (Å²) in [5.74, 6) is -0.318. The molecule has 0 fully saturated rings. The Morgan fingerprint density at radius 1 is 1.05 bits per heavy atom. The van der Waals surface area contributed by atoms with Crippen molar-refractivity contribution in [1.29, 1.82) is 0 Å². The standard InChI is InChI=1S/C15H13N5O/c16-11-6-8-12(9-7-11)18-15(21)14-10-17-20(19-14)13-4-2-1-3-5-13/h1-10H,16H2,(H,18,21). The molecule has 3 aromatic rings. The number of hydrogen-bond donors (Lipinski definition) is 2. The second-order valence-electron chi connectivity index (χ2n) is 4.43. The molecule has 6 nitrogen and oxygen atoms in total. The molecule has 104 valence electrons. The maximum absolute atomic E-state index is 12.1. The number of para-hydroxylation sites is 1. The fraction of sp³-hybridized carbons (Fsp3) is 0. The first-order chi connectivity index (χ1) is 10.2. The van der Waals surface area contributed by atoms with Crippen LogP contribution in [-0.2, 0) is 0 Å². The third-order valence-electron chi connectivity index (χ3n) is 2.88. The van der Waals surface area contributed by atoms with Gasteiger partial charge in [0.25, 0.3) is 5.91 Å². The lowest BCUT2D eigenvalue weighted by molar-refractivity contribution is 0.102. The normalized spacial score (nSPS) is 10.3. The van der Waals surface area contributed by atoms with Crippen molar-refractivity contribution in [3.63, 3.8) is 0 Å². The molecule has 0 aliphatic heterocycles. The third-order valence-corrected chi connectivity index (χ3v) is 2.88. The molecule has 0 spiro atoms. The van der Waals surface area contributed by atoms with Crippen molar-refractivity contribution in [2.24, 2.45) is 0 Å². The van der Waals surface area contributed by atoms with Crippen molar-refractivity contribution in [3.8, 4) is 5.69 Å². The highest BCUT2D eigenvalue weighted by molar-refractivity contribution is 6.02. The number of amides is 1. The van der Waals surface area contributed by atoms with Crippen LogP contribution in [0.3, 0.4) is 0 Å². The van der Waals surface area contributed by atoms with E-state index in [4.69, 9.17) is 5.73 Å². The number of carbonyl (C=O) groups is 1. The van der Waals surface area contributed by atoms with Crippen molar-refractivity contribution < 1.29 is 4.79 Å². The van der Waals surface area contributed by atoms with Crippen LogP contribution in [0.5, 0.6) is 0 Å². The van der Waals surface area contributed by atoms with Crippen LogP contribution >= 0.6 is 0 Å². The molecule has 3 rings (SSSR count). The van der Waals surface area contributed by atoms with E-state index in [0.717, 1.165) is 5.69 Å². The smallest absolute Gasteiger partial charge is 0.277 e. The zero-order valence-corrected chi connectivity index (χ0v) is 11.1. The minimum absolute atomic E-state index is 0.246. The predicted octanol–water partition coefficient (Wildman–Crippen LogP) is 2.10. The molecule has 6 heteroatoms. The summed E-state index contributed by atoms with van der Waals surface area (Å²) in [6, 6.07) is 16.3. The monoisotopic (exact) mass is 279 g/mol. The summed E-state index contributed by atoms with van der Waals surface area (Å²) < 4.78 is 0. The minimum Gasteiger partial charge on any atom is -0.399 e. The topological polar surface area (TPSA) is 85.8 Å². The quantitative estimate of drug-likeness (QED) is 0.719. The van der Waals surface area contributed by atoms with Crippen molar-refractivity contribution in [2.45, 2.75) is 0 Å². The molecule has 1 aromatic heterocycles. The Labute approximate surface area is 121 Å². The molecule has 0 radical (unpaired) electrons. The maximum Gasteiger partial charge on any atom is 0.277 e. The summed E-state index contributed by atoms with van der Waals surface area (Å²) >= 11 is 0. The van der Waals surface area contributed by atoms with Crippen molar-refractivity contribution in [1.82, 2.24) is 15.0 Å². The fourth-order valence-electron chi connectivity index (χ4n) is 1.81. The van der Waals surface area contributed by atoms with Crippen LogP contribution in [-0.4, -0.2) is 20.9 Å². The second-order valence-corrected chi connectivity index (χ2v) is 4.43.